The molecule has 1 aliphatic rings. The van der Waals surface area contributed by atoms with E-state index in [-0.39, 0.29) is 31.3 Å². The molecule has 0 aromatic heterocycles. The van der Waals surface area contributed by atoms with Gasteiger partial charge in [0, 0.05) is 22.6 Å². The minimum atomic E-state index is -0.903. The van der Waals surface area contributed by atoms with Crippen LogP contribution in [0, 0.1) is 0 Å². The number of carbonyl (C=O) groups excluding carboxylic acids is 1. The smallest absolute Gasteiger partial charge is 0.305 e. The van der Waals surface area contributed by atoms with Crippen LogP contribution < -0.4 is 0 Å². The van der Waals surface area contributed by atoms with E-state index in [1.165, 1.54) is 0 Å². The van der Waals surface area contributed by atoms with Crippen molar-refractivity contribution >= 4 is 35.1 Å². The first-order valence-corrected chi connectivity index (χ1v) is 7.18. The Balaban J connectivity index is 2.06. The van der Waals surface area contributed by atoms with Crippen LogP contribution in [0.1, 0.15) is 24.8 Å². The van der Waals surface area contributed by atoms with Gasteiger partial charge in [0.25, 0.3) is 0 Å². The summed E-state index contributed by atoms with van der Waals surface area (Å²) in [4.78, 5) is 24.6. The van der Waals surface area contributed by atoms with E-state index in [4.69, 9.17) is 28.3 Å². The van der Waals surface area contributed by atoms with Crippen molar-refractivity contribution in [3.05, 3.63) is 33.8 Å². The summed E-state index contributed by atoms with van der Waals surface area (Å²) in [5, 5.41) is 9.66. The highest BCUT2D eigenvalue weighted by atomic mass is 35.5. The fourth-order valence-electron chi connectivity index (χ4n) is 2.07. The molecule has 2 rings (SSSR count). The summed E-state index contributed by atoms with van der Waals surface area (Å²) in [7, 11) is 0. The van der Waals surface area contributed by atoms with Crippen LogP contribution in [-0.4, -0.2) is 34.5 Å². The predicted molar refractivity (Wildman–Crippen MR) is 77.2 cm³/mol. The molecular weight excluding hydrogens is 301 g/mol. The topological polar surface area (TPSA) is 57.6 Å². The molecule has 0 unspecified atom stereocenters. The fourth-order valence-corrected chi connectivity index (χ4v) is 2.60. The van der Waals surface area contributed by atoms with Crippen molar-refractivity contribution in [1.29, 1.82) is 0 Å². The van der Waals surface area contributed by atoms with E-state index in [9.17, 15) is 9.59 Å². The van der Waals surface area contributed by atoms with Gasteiger partial charge >= 0.3 is 5.97 Å². The summed E-state index contributed by atoms with van der Waals surface area (Å²) in [6.45, 7) is 0.237. The summed E-state index contributed by atoms with van der Waals surface area (Å²) in [6, 6.07) is 5.27. The van der Waals surface area contributed by atoms with E-state index in [1.54, 1.807) is 23.1 Å². The zero-order valence-electron chi connectivity index (χ0n) is 10.8. The third-order valence-electron chi connectivity index (χ3n) is 3.26. The second-order valence-corrected chi connectivity index (χ2v) is 5.65. The third-order valence-corrected chi connectivity index (χ3v) is 3.97. The number of carboxylic acids is 1. The number of hydrogen-bond donors (Lipinski definition) is 1. The lowest BCUT2D eigenvalue weighted by molar-refractivity contribution is -0.138. The van der Waals surface area contributed by atoms with Gasteiger partial charge in [0.2, 0.25) is 5.91 Å². The number of carboxylic acid groups (broad SMARTS) is 1. The van der Waals surface area contributed by atoms with Crippen LogP contribution in [0.15, 0.2) is 18.2 Å². The van der Waals surface area contributed by atoms with E-state index >= 15 is 0 Å². The largest absolute Gasteiger partial charge is 0.481 e. The van der Waals surface area contributed by atoms with Gasteiger partial charge in [0.15, 0.2) is 0 Å². The molecule has 4 nitrogen and oxygen atoms in total. The zero-order chi connectivity index (χ0) is 14.7. The second-order valence-electron chi connectivity index (χ2n) is 4.84. The summed E-state index contributed by atoms with van der Waals surface area (Å²) in [6.07, 6.45) is 1.93. The Labute approximate surface area is 127 Å². The van der Waals surface area contributed by atoms with Gasteiger partial charge in [-0.2, -0.15) is 0 Å². The van der Waals surface area contributed by atoms with Crippen LogP contribution in [0.4, 0.5) is 0 Å². The number of hydrogen-bond acceptors (Lipinski definition) is 2. The van der Waals surface area contributed by atoms with Crippen LogP contribution in [0.3, 0.4) is 0 Å². The second kappa shape index (κ2) is 6.46. The molecule has 20 heavy (non-hydrogen) atoms. The lowest BCUT2D eigenvalue weighted by atomic mass is 10.1. The number of carbonyl (C=O) groups is 2. The number of aliphatic carboxylic acids is 1. The maximum absolute atomic E-state index is 12.3. The van der Waals surface area contributed by atoms with Crippen molar-refractivity contribution in [3.63, 3.8) is 0 Å². The quantitative estimate of drug-likeness (QED) is 0.878. The molecule has 0 atom stereocenters. The molecule has 1 N–H and O–H groups in total. The fraction of sp³-hybridized carbons (Fsp3) is 0.429. The highest BCUT2D eigenvalue weighted by Gasteiger charge is 2.32. The Morgan fingerprint density at radius 2 is 1.85 bits per heavy atom. The molecule has 0 bridgehead atoms. The van der Waals surface area contributed by atoms with Gasteiger partial charge in [0.05, 0.1) is 12.8 Å². The first-order valence-electron chi connectivity index (χ1n) is 6.43. The standard InChI is InChI=1S/C14H15Cl2NO3/c15-11-2-1-3-12(16)10(11)8-13(18)17(9-4-5-9)7-6-14(19)20/h1-3,9H,4-8H2,(H,19,20). The lowest BCUT2D eigenvalue weighted by Crippen LogP contribution is -2.36. The molecule has 1 aliphatic carbocycles. The molecule has 0 spiro atoms. The van der Waals surface area contributed by atoms with E-state index < -0.39 is 5.97 Å². The molecule has 1 aromatic carbocycles. The molecule has 0 heterocycles. The van der Waals surface area contributed by atoms with Crippen LogP contribution in [-0.2, 0) is 16.0 Å². The van der Waals surface area contributed by atoms with Crippen molar-refractivity contribution in [1.82, 2.24) is 4.90 Å². The SMILES string of the molecule is O=C(O)CCN(C(=O)Cc1c(Cl)cccc1Cl)C1CC1. The molecule has 1 amide bonds. The third kappa shape index (κ3) is 3.87. The summed E-state index contributed by atoms with van der Waals surface area (Å²) >= 11 is 12.1. The molecule has 0 radical (unpaired) electrons. The number of rotatable bonds is 6. The van der Waals surface area contributed by atoms with Crippen molar-refractivity contribution < 1.29 is 14.7 Å². The first kappa shape index (κ1) is 15.1. The van der Waals surface area contributed by atoms with E-state index in [0.29, 0.717) is 15.6 Å². The summed E-state index contributed by atoms with van der Waals surface area (Å²) in [5.74, 6) is -1.03. The highest BCUT2D eigenvalue weighted by Crippen LogP contribution is 2.30. The molecule has 108 valence electrons. The summed E-state index contributed by atoms with van der Waals surface area (Å²) < 4.78 is 0. The van der Waals surface area contributed by atoms with E-state index in [0.717, 1.165) is 12.8 Å². The molecule has 1 aromatic rings. The van der Waals surface area contributed by atoms with Gasteiger partial charge in [-0.25, -0.2) is 0 Å². The Hall–Kier alpha value is -1.26. The Morgan fingerprint density at radius 3 is 2.35 bits per heavy atom. The van der Waals surface area contributed by atoms with Crippen LogP contribution in [0.25, 0.3) is 0 Å². The maximum Gasteiger partial charge on any atom is 0.305 e. The lowest BCUT2D eigenvalue weighted by Gasteiger charge is -2.22. The van der Waals surface area contributed by atoms with Gasteiger partial charge < -0.3 is 10.0 Å². The van der Waals surface area contributed by atoms with Crippen molar-refractivity contribution in [2.24, 2.45) is 0 Å². The summed E-state index contributed by atoms with van der Waals surface area (Å²) in [5.41, 5.74) is 0.599. The Bertz CT molecular complexity index is 509. The monoisotopic (exact) mass is 315 g/mol. The van der Waals surface area contributed by atoms with Gasteiger partial charge in [0.1, 0.15) is 0 Å². The van der Waals surface area contributed by atoms with Crippen LogP contribution in [0.2, 0.25) is 10.0 Å². The number of halogens is 2. The minimum absolute atomic E-state index is 0.0432. The molecule has 0 saturated heterocycles. The Morgan fingerprint density at radius 1 is 1.25 bits per heavy atom. The van der Waals surface area contributed by atoms with Crippen LogP contribution >= 0.6 is 23.2 Å². The highest BCUT2D eigenvalue weighted by molar-refractivity contribution is 6.36. The number of nitrogens with zero attached hydrogens (tertiary/aromatic N) is 1. The molecular formula is C14H15Cl2NO3. The van der Waals surface area contributed by atoms with Crippen molar-refractivity contribution in [2.45, 2.75) is 31.7 Å². The normalized spacial score (nSPS) is 14.1. The number of amides is 1. The number of benzene rings is 1. The van der Waals surface area contributed by atoms with Gasteiger partial charge in [-0.15, -0.1) is 0 Å². The van der Waals surface area contributed by atoms with Crippen molar-refractivity contribution in [2.75, 3.05) is 6.54 Å². The average Bonchev–Trinajstić information content (AvgIpc) is 3.18. The van der Waals surface area contributed by atoms with E-state index in [1.807, 2.05) is 0 Å². The maximum atomic E-state index is 12.3. The molecule has 0 aliphatic heterocycles. The van der Waals surface area contributed by atoms with Gasteiger partial charge in [-0.1, -0.05) is 29.3 Å². The zero-order valence-corrected chi connectivity index (χ0v) is 12.3. The predicted octanol–water partition coefficient (Wildman–Crippen LogP) is 3.00. The average molecular weight is 316 g/mol. The van der Waals surface area contributed by atoms with E-state index in [2.05, 4.69) is 0 Å². The van der Waals surface area contributed by atoms with Gasteiger partial charge in [-0.05, 0) is 30.5 Å². The molecule has 6 heteroatoms. The van der Waals surface area contributed by atoms with Gasteiger partial charge in [-0.3, -0.25) is 9.59 Å². The Kier molecular flexibility index (Phi) is 4.89. The first-order chi connectivity index (χ1) is 9.49. The minimum Gasteiger partial charge on any atom is -0.481 e. The van der Waals surface area contributed by atoms with Crippen molar-refractivity contribution in [3.8, 4) is 0 Å². The molecule has 1 fully saturated rings. The van der Waals surface area contributed by atoms with Crippen LogP contribution in [0.5, 0.6) is 0 Å². The molecule has 1 saturated carbocycles.